The molecule has 0 bridgehead atoms. The van der Waals surface area contributed by atoms with Crippen molar-refractivity contribution >= 4 is 33.5 Å². The van der Waals surface area contributed by atoms with Gasteiger partial charge >= 0.3 is 0 Å². The highest BCUT2D eigenvalue weighted by atomic mass is 35.5. The third kappa shape index (κ3) is 2.98. The molecule has 0 amide bonds. The van der Waals surface area contributed by atoms with Crippen LogP contribution in [0, 0.1) is 11.3 Å². The second-order valence-electron chi connectivity index (χ2n) is 3.71. The summed E-state index contributed by atoms with van der Waals surface area (Å²) < 4.78 is 5.55. The van der Waals surface area contributed by atoms with Gasteiger partial charge in [-0.25, -0.2) is 0 Å². The molecule has 0 saturated carbocycles. The maximum Gasteiger partial charge on any atom is 0.128 e. The Balaban J connectivity index is 2.54. The molecule has 1 aromatic carbocycles. The SMILES string of the molecule is CCOc1ccccc1/C(Cl)=C(\C#N)c1cccs1. The van der Waals surface area contributed by atoms with Crippen molar-refractivity contribution in [3.8, 4) is 11.8 Å². The lowest BCUT2D eigenvalue weighted by Gasteiger charge is -2.10. The van der Waals surface area contributed by atoms with Gasteiger partial charge in [-0.15, -0.1) is 11.3 Å². The lowest BCUT2D eigenvalue weighted by Crippen LogP contribution is -1.95. The Hall–Kier alpha value is -1.76. The number of halogens is 1. The third-order valence-corrected chi connectivity index (χ3v) is 3.80. The number of benzene rings is 1. The van der Waals surface area contributed by atoms with Crippen LogP contribution in [-0.2, 0) is 0 Å². The largest absolute Gasteiger partial charge is 0.493 e. The molecule has 0 aliphatic carbocycles. The summed E-state index contributed by atoms with van der Waals surface area (Å²) in [5.41, 5.74) is 1.22. The van der Waals surface area contributed by atoms with E-state index in [1.165, 1.54) is 11.3 Å². The van der Waals surface area contributed by atoms with Crippen LogP contribution in [0.2, 0.25) is 0 Å². The molecule has 96 valence electrons. The Kier molecular flexibility index (Phi) is 4.62. The molecule has 19 heavy (non-hydrogen) atoms. The molecule has 0 atom stereocenters. The molecule has 1 heterocycles. The second kappa shape index (κ2) is 6.42. The lowest BCUT2D eigenvalue weighted by atomic mass is 10.1. The van der Waals surface area contributed by atoms with Crippen molar-refractivity contribution in [2.24, 2.45) is 0 Å². The molecule has 0 aliphatic rings. The van der Waals surface area contributed by atoms with Gasteiger partial charge in [0.15, 0.2) is 0 Å². The van der Waals surface area contributed by atoms with E-state index in [1.807, 2.05) is 48.7 Å². The minimum atomic E-state index is 0.425. The fourth-order valence-electron chi connectivity index (χ4n) is 1.70. The topological polar surface area (TPSA) is 33.0 Å². The van der Waals surface area contributed by atoms with Crippen molar-refractivity contribution < 1.29 is 4.74 Å². The molecule has 0 fully saturated rings. The number of ether oxygens (including phenoxy) is 1. The van der Waals surface area contributed by atoms with Gasteiger partial charge in [0.2, 0.25) is 0 Å². The highest BCUT2D eigenvalue weighted by molar-refractivity contribution is 7.11. The van der Waals surface area contributed by atoms with Crippen LogP contribution < -0.4 is 4.74 Å². The van der Waals surface area contributed by atoms with E-state index in [4.69, 9.17) is 16.3 Å². The van der Waals surface area contributed by atoms with E-state index in [2.05, 4.69) is 6.07 Å². The lowest BCUT2D eigenvalue weighted by molar-refractivity contribution is 0.339. The van der Waals surface area contributed by atoms with E-state index in [9.17, 15) is 5.26 Å². The summed E-state index contributed by atoms with van der Waals surface area (Å²) in [6, 6.07) is 13.4. The van der Waals surface area contributed by atoms with Gasteiger partial charge in [0.25, 0.3) is 0 Å². The first-order valence-electron chi connectivity index (χ1n) is 5.84. The minimum Gasteiger partial charge on any atom is -0.493 e. The van der Waals surface area contributed by atoms with Crippen molar-refractivity contribution in [1.82, 2.24) is 0 Å². The molecule has 1 aromatic heterocycles. The van der Waals surface area contributed by atoms with Crippen LogP contribution >= 0.6 is 22.9 Å². The van der Waals surface area contributed by atoms with Crippen LogP contribution in [-0.4, -0.2) is 6.61 Å². The van der Waals surface area contributed by atoms with E-state index in [0.717, 1.165) is 10.4 Å². The maximum absolute atomic E-state index is 9.32. The van der Waals surface area contributed by atoms with Crippen LogP contribution in [0.4, 0.5) is 0 Å². The number of hydrogen-bond donors (Lipinski definition) is 0. The fraction of sp³-hybridized carbons (Fsp3) is 0.133. The molecule has 0 spiro atoms. The van der Waals surface area contributed by atoms with Crippen LogP contribution in [0.3, 0.4) is 0 Å². The predicted molar refractivity (Wildman–Crippen MR) is 80.2 cm³/mol. The number of rotatable bonds is 4. The Bertz CT molecular complexity index is 626. The van der Waals surface area contributed by atoms with Gasteiger partial charge in [0.1, 0.15) is 11.8 Å². The number of hydrogen-bond acceptors (Lipinski definition) is 3. The van der Waals surface area contributed by atoms with E-state index in [-0.39, 0.29) is 0 Å². The summed E-state index contributed by atoms with van der Waals surface area (Å²) in [5.74, 6) is 0.694. The first kappa shape index (κ1) is 13.7. The Morgan fingerprint density at radius 3 is 2.74 bits per heavy atom. The van der Waals surface area contributed by atoms with Crippen LogP contribution in [0.25, 0.3) is 10.6 Å². The number of nitrogens with zero attached hydrogens (tertiary/aromatic N) is 1. The molecule has 2 rings (SSSR count). The molecular formula is C15H12ClNOS. The zero-order valence-electron chi connectivity index (χ0n) is 10.4. The van der Waals surface area contributed by atoms with Crippen LogP contribution in [0.15, 0.2) is 41.8 Å². The monoisotopic (exact) mass is 289 g/mol. The van der Waals surface area contributed by atoms with Crippen molar-refractivity contribution in [2.75, 3.05) is 6.61 Å². The number of nitriles is 1. The molecule has 0 unspecified atom stereocenters. The molecule has 0 radical (unpaired) electrons. The molecule has 0 saturated heterocycles. The molecule has 4 heteroatoms. The van der Waals surface area contributed by atoms with Gasteiger partial charge in [-0.1, -0.05) is 29.8 Å². The fourth-order valence-corrected chi connectivity index (χ4v) is 2.78. The molecule has 0 N–H and O–H groups in total. The first-order chi connectivity index (χ1) is 9.27. The van der Waals surface area contributed by atoms with Crippen molar-refractivity contribution in [1.29, 1.82) is 5.26 Å². The zero-order valence-corrected chi connectivity index (χ0v) is 12.0. The Labute approximate surface area is 121 Å². The van der Waals surface area contributed by atoms with E-state index < -0.39 is 0 Å². The summed E-state index contributed by atoms with van der Waals surface area (Å²) in [7, 11) is 0. The summed E-state index contributed by atoms with van der Waals surface area (Å²) in [6.45, 7) is 2.47. The molecule has 0 aliphatic heterocycles. The van der Waals surface area contributed by atoms with Crippen molar-refractivity contribution in [2.45, 2.75) is 6.92 Å². The summed E-state index contributed by atoms with van der Waals surface area (Å²) in [6.07, 6.45) is 0. The smallest absolute Gasteiger partial charge is 0.128 e. The summed E-state index contributed by atoms with van der Waals surface area (Å²) in [4.78, 5) is 0.860. The number of thiophene rings is 1. The van der Waals surface area contributed by atoms with Gasteiger partial charge < -0.3 is 4.74 Å². The normalized spacial score (nSPS) is 11.6. The van der Waals surface area contributed by atoms with Gasteiger partial charge in [0.05, 0.1) is 17.2 Å². The third-order valence-electron chi connectivity index (χ3n) is 2.52. The van der Waals surface area contributed by atoms with Gasteiger partial charge in [-0.05, 0) is 30.5 Å². The van der Waals surface area contributed by atoms with Gasteiger partial charge in [0, 0.05) is 10.4 Å². The van der Waals surface area contributed by atoms with Crippen LogP contribution in [0.1, 0.15) is 17.4 Å². The molecular weight excluding hydrogens is 278 g/mol. The highest BCUT2D eigenvalue weighted by Crippen LogP contribution is 2.35. The van der Waals surface area contributed by atoms with E-state index >= 15 is 0 Å². The van der Waals surface area contributed by atoms with Crippen molar-refractivity contribution in [3.63, 3.8) is 0 Å². The Morgan fingerprint density at radius 1 is 1.32 bits per heavy atom. The summed E-state index contributed by atoms with van der Waals surface area (Å²) in [5, 5.41) is 11.7. The maximum atomic E-state index is 9.32. The molecule has 2 nitrogen and oxygen atoms in total. The number of allylic oxidation sites excluding steroid dienone is 1. The van der Waals surface area contributed by atoms with E-state index in [0.29, 0.717) is 23.0 Å². The molecule has 2 aromatic rings. The van der Waals surface area contributed by atoms with Gasteiger partial charge in [-0.2, -0.15) is 5.26 Å². The highest BCUT2D eigenvalue weighted by Gasteiger charge is 2.14. The number of para-hydroxylation sites is 1. The summed E-state index contributed by atoms with van der Waals surface area (Å²) >= 11 is 7.88. The first-order valence-corrected chi connectivity index (χ1v) is 7.09. The van der Waals surface area contributed by atoms with E-state index in [1.54, 1.807) is 0 Å². The minimum absolute atomic E-state index is 0.425. The quantitative estimate of drug-likeness (QED) is 0.759. The van der Waals surface area contributed by atoms with Crippen molar-refractivity contribution in [3.05, 3.63) is 52.2 Å². The van der Waals surface area contributed by atoms with Gasteiger partial charge in [-0.3, -0.25) is 0 Å². The standard InChI is InChI=1S/C15H12ClNOS/c1-2-18-13-7-4-3-6-11(13)15(16)12(10-17)14-8-5-9-19-14/h3-9H,2H2,1H3/b15-12-. The second-order valence-corrected chi connectivity index (χ2v) is 5.03. The average molecular weight is 290 g/mol. The average Bonchev–Trinajstić information content (AvgIpc) is 2.94. The predicted octanol–water partition coefficient (Wildman–Crippen LogP) is 4.78. The zero-order chi connectivity index (χ0) is 13.7. The Morgan fingerprint density at radius 2 is 2.11 bits per heavy atom. The van der Waals surface area contributed by atoms with Crippen LogP contribution in [0.5, 0.6) is 5.75 Å².